The standard InChI is InChI=1S/C16H15ClN2O2/c1-2-13(20)9-11-5-3-7-14(17)15(11)16(21)19-12-6-4-8-18-10-12/h3-8,10H,2,9H2,1H3,(H,19,21). The molecule has 4 nitrogen and oxygen atoms in total. The number of benzene rings is 1. The van der Waals surface area contributed by atoms with Gasteiger partial charge in [-0.2, -0.15) is 0 Å². The molecule has 0 atom stereocenters. The second-order valence-electron chi connectivity index (χ2n) is 4.54. The molecule has 1 amide bonds. The van der Waals surface area contributed by atoms with Crippen LogP contribution in [0, 0.1) is 0 Å². The molecule has 2 rings (SSSR count). The van der Waals surface area contributed by atoms with Crippen molar-refractivity contribution in [3.8, 4) is 0 Å². The predicted molar refractivity (Wildman–Crippen MR) is 82.6 cm³/mol. The zero-order valence-electron chi connectivity index (χ0n) is 11.6. The minimum absolute atomic E-state index is 0.0627. The topological polar surface area (TPSA) is 59.1 Å². The number of nitrogens with zero attached hydrogens (tertiary/aromatic N) is 1. The van der Waals surface area contributed by atoms with Gasteiger partial charge in [0.25, 0.3) is 5.91 Å². The largest absolute Gasteiger partial charge is 0.321 e. The number of ketones is 1. The van der Waals surface area contributed by atoms with Crippen LogP contribution in [0.3, 0.4) is 0 Å². The molecular weight excluding hydrogens is 288 g/mol. The van der Waals surface area contributed by atoms with Crippen LogP contribution in [0.1, 0.15) is 29.3 Å². The molecule has 0 saturated carbocycles. The van der Waals surface area contributed by atoms with Crippen molar-refractivity contribution < 1.29 is 9.59 Å². The molecule has 0 aliphatic heterocycles. The summed E-state index contributed by atoms with van der Waals surface area (Å²) in [7, 11) is 0. The maximum absolute atomic E-state index is 12.4. The smallest absolute Gasteiger partial charge is 0.257 e. The Morgan fingerprint density at radius 1 is 1.24 bits per heavy atom. The van der Waals surface area contributed by atoms with Gasteiger partial charge >= 0.3 is 0 Å². The molecule has 5 heteroatoms. The van der Waals surface area contributed by atoms with E-state index in [4.69, 9.17) is 11.6 Å². The van der Waals surface area contributed by atoms with Crippen molar-refractivity contribution >= 4 is 29.0 Å². The van der Waals surface area contributed by atoms with Crippen LogP contribution < -0.4 is 5.32 Å². The van der Waals surface area contributed by atoms with Crippen LogP contribution in [0.5, 0.6) is 0 Å². The fraction of sp³-hybridized carbons (Fsp3) is 0.188. The Morgan fingerprint density at radius 2 is 2.05 bits per heavy atom. The number of aromatic nitrogens is 1. The summed E-state index contributed by atoms with van der Waals surface area (Å²) >= 11 is 6.13. The Kier molecular flexibility index (Phi) is 5.06. The molecule has 0 radical (unpaired) electrons. The summed E-state index contributed by atoms with van der Waals surface area (Å²) < 4.78 is 0. The van der Waals surface area contributed by atoms with Gasteiger partial charge < -0.3 is 5.32 Å². The molecule has 0 bridgehead atoms. The fourth-order valence-electron chi connectivity index (χ4n) is 1.94. The first kappa shape index (κ1) is 15.2. The average Bonchev–Trinajstić information content (AvgIpc) is 2.48. The molecular formula is C16H15ClN2O2. The molecule has 1 aromatic heterocycles. The first-order valence-corrected chi connectivity index (χ1v) is 7.00. The second kappa shape index (κ2) is 6.99. The third-order valence-electron chi connectivity index (χ3n) is 3.03. The van der Waals surface area contributed by atoms with E-state index in [0.29, 0.717) is 28.3 Å². The Labute approximate surface area is 128 Å². The highest BCUT2D eigenvalue weighted by Crippen LogP contribution is 2.22. The Bertz CT molecular complexity index is 657. The molecule has 1 N–H and O–H groups in total. The van der Waals surface area contributed by atoms with Crippen molar-refractivity contribution in [3.63, 3.8) is 0 Å². The van der Waals surface area contributed by atoms with Gasteiger partial charge in [0.1, 0.15) is 5.78 Å². The van der Waals surface area contributed by atoms with Crippen LogP contribution in [-0.2, 0) is 11.2 Å². The summed E-state index contributed by atoms with van der Waals surface area (Å²) in [5.74, 6) is -0.278. The monoisotopic (exact) mass is 302 g/mol. The summed E-state index contributed by atoms with van der Waals surface area (Å²) in [6.45, 7) is 1.79. The van der Waals surface area contributed by atoms with Crippen LogP contribution >= 0.6 is 11.6 Å². The number of pyridine rings is 1. The number of carbonyl (C=O) groups is 2. The summed E-state index contributed by atoms with van der Waals surface area (Å²) in [5.41, 5.74) is 1.55. The van der Waals surface area contributed by atoms with Crippen LogP contribution in [0.4, 0.5) is 5.69 Å². The summed E-state index contributed by atoms with van der Waals surface area (Å²) in [6, 6.07) is 8.58. The number of amides is 1. The molecule has 21 heavy (non-hydrogen) atoms. The number of anilines is 1. The lowest BCUT2D eigenvalue weighted by molar-refractivity contribution is -0.118. The van der Waals surface area contributed by atoms with E-state index in [9.17, 15) is 9.59 Å². The van der Waals surface area contributed by atoms with Crippen molar-refractivity contribution in [1.82, 2.24) is 4.98 Å². The summed E-state index contributed by atoms with van der Waals surface area (Å²) in [5, 5.41) is 3.06. The van der Waals surface area contributed by atoms with Gasteiger partial charge in [-0.1, -0.05) is 30.7 Å². The summed E-state index contributed by atoms with van der Waals surface area (Å²) in [4.78, 5) is 28.0. The molecule has 2 aromatic rings. The number of nitrogens with one attached hydrogen (secondary N) is 1. The number of Topliss-reactive ketones (excluding diaryl/α,β-unsaturated/α-hetero) is 1. The Morgan fingerprint density at radius 3 is 2.71 bits per heavy atom. The van der Waals surface area contributed by atoms with Crippen molar-refractivity contribution in [3.05, 3.63) is 58.9 Å². The van der Waals surface area contributed by atoms with Crippen LogP contribution in [-0.4, -0.2) is 16.7 Å². The number of rotatable bonds is 5. The first-order chi connectivity index (χ1) is 10.1. The highest BCUT2D eigenvalue weighted by molar-refractivity contribution is 6.34. The van der Waals surface area contributed by atoms with E-state index in [0.717, 1.165) is 0 Å². The maximum Gasteiger partial charge on any atom is 0.257 e. The minimum Gasteiger partial charge on any atom is -0.321 e. The molecule has 108 valence electrons. The lowest BCUT2D eigenvalue weighted by Gasteiger charge is -2.11. The zero-order valence-corrected chi connectivity index (χ0v) is 12.4. The normalized spacial score (nSPS) is 10.2. The number of carbonyl (C=O) groups excluding carboxylic acids is 2. The number of hydrogen-bond donors (Lipinski definition) is 1. The van der Waals surface area contributed by atoms with E-state index in [1.165, 1.54) is 0 Å². The van der Waals surface area contributed by atoms with Crippen LogP contribution in [0.15, 0.2) is 42.7 Å². The second-order valence-corrected chi connectivity index (χ2v) is 4.95. The van der Waals surface area contributed by atoms with Gasteiger partial charge in [-0.15, -0.1) is 0 Å². The van der Waals surface area contributed by atoms with Gasteiger partial charge in [-0.25, -0.2) is 0 Å². The first-order valence-electron chi connectivity index (χ1n) is 6.62. The van der Waals surface area contributed by atoms with E-state index in [-0.39, 0.29) is 18.1 Å². The van der Waals surface area contributed by atoms with E-state index in [2.05, 4.69) is 10.3 Å². The third kappa shape index (κ3) is 3.89. The van der Waals surface area contributed by atoms with Crippen molar-refractivity contribution in [2.24, 2.45) is 0 Å². The minimum atomic E-state index is -0.340. The van der Waals surface area contributed by atoms with E-state index >= 15 is 0 Å². The average molecular weight is 303 g/mol. The molecule has 0 saturated heterocycles. The highest BCUT2D eigenvalue weighted by atomic mass is 35.5. The van der Waals surface area contributed by atoms with E-state index < -0.39 is 0 Å². The third-order valence-corrected chi connectivity index (χ3v) is 3.34. The van der Waals surface area contributed by atoms with Crippen molar-refractivity contribution in [2.45, 2.75) is 19.8 Å². The lowest BCUT2D eigenvalue weighted by atomic mass is 10.0. The van der Waals surface area contributed by atoms with E-state index in [1.807, 2.05) is 0 Å². The van der Waals surface area contributed by atoms with Gasteiger partial charge in [0.05, 0.1) is 22.5 Å². The molecule has 0 aliphatic carbocycles. The quantitative estimate of drug-likeness (QED) is 0.919. The van der Waals surface area contributed by atoms with Crippen molar-refractivity contribution in [1.29, 1.82) is 0 Å². The van der Waals surface area contributed by atoms with Crippen LogP contribution in [0.2, 0.25) is 5.02 Å². The van der Waals surface area contributed by atoms with Crippen molar-refractivity contribution in [2.75, 3.05) is 5.32 Å². The fourth-order valence-corrected chi connectivity index (χ4v) is 2.22. The van der Waals surface area contributed by atoms with E-state index in [1.54, 1.807) is 49.6 Å². The number of halogens is 1. The van der Waals surface area contributed by atoms with Gasteiger partial charge in [-0.3, -0.25) is 14.6 Å². The molecule has 0 aliphatic rings. The summed E-state index contributed by atoms with van der Waals surface area (Å²) in [6.07, 6.45) is 3.80. The Hall–Kier alpha value is -2.20. The molecule has 1 aromatic carbocycles. The molecule has 0 fully saturated rings. The lowest BCUT2D eigenvalue weighted by Crippen LogP contribution is -2.16. The zero-order chi connectivity index (χ0) is 15.2. The van der Waals surface area contributed by atoms with Crippen LogP contribution in [0.25, 0.3) is 0 Å². The number of hydrogen-bond acceptors (Lipinski definition) is 3. The maximum atomic E-state index is 12.4. The van der Waals surface area contributed by atoms with Gasteiger partial charge in [-0.05, 0) is 23.8 Å². The Balaban J connectivity index is 2.29. The van der Waals surface area contributed by atoms with Gasteiger partial charge in [0, 0.05) is 19.0 Å². The predicted octanol–water partition coefficient (Wildman–Crippen LogP) is 3.51. The van der Waals surface area contributed by atoms with Gasteiger partial charge in [0.15, 0.2) is 0 Å². The molecule has 1 heterocycles. The highest BCUT2D eigenvalue weighted by Gasteiger charge is 2.17. The SMILES string of the molecule is CCC(=O)Cc1cccc(Cl)c1C(=O)Nc1cccnc1. The van der Waals surface area contributed by atoms with Gasteiger partial charge in [0.2, 0.25) is 0 Å². The molecule has 0 unspecified atom stereocenters. The molecule has 0 spiro atoms.